The fourth-order valence-corrected chi connectivity index (χ4v) is 2.72. The minimum Gasteiger partial charge on any atom is -0.385 e. The van der Waals surface area contributed by atoms with E-state index in [1.54, 1.807) is 18.0 Å². The highest BCUT2D eigenvalue weighted by atomic mass is 79.9. The third-order valence-corrected chi connectivity index (χ3v) is 3.71. The van der Waals surface area contributed by atoms with Gasteiger partial charge < -0.3 is 15.2 Å². The first kappa shape index (κ1) is 13.0. The van der Waals surface area contributed by atoms with Gasteiger partial charge >= 0.3 is 0 Å². The molecule has 0 radical (unpaired) electrons. The minimum atomic E-state index is -0.522. The zero-order valence-corrected chi connectivity index (χ0v) is 11.5. The summed E-state index contributed by atoms with van der Waals surface area (Å²) in [6, 6.07) is 0.129. The van der Waals surface area contributed by atoms with Crippen molar-refractivity contribution in [1.82, 2.24) is 15.1 Å². The molecular formula is C11H18BrN3O2. The maximum absolute atomic E-state index is 10.4. The van der Waals surface area contributed by atoms with Gasteiger partial charge in [-0.25, -0.2) is 0 Å². The topological polar surface area (TPSA) is 59.3 Å². The van der Waals surface area contributed by atoms with Gasteiger partial charge in [0.2, 0.25) is 0 Å². The van der Waals surface area contributed by atoms with Gasteiger partial charge in [0.1, 0.15) is 6.10 Å². The second-order valence-electron chi connectivity index (χ2n) is 4.24. The summed E-state index contributed by atoms with van der Waals surface area (Å²) in [4.78, 5) is 0. The van der Waals surface area contributed by atoms with E-state index in [-0.39, 0.29) is 6.04 Å². The van der Waals surface area contributed by atoms with Gasteiger partial charge in [0.05, 0.1) is 29.5 Å². The van der Waals surface area contributed by atoms with E-state index in [1.807, 2.05) is 0 Å². The quantitative estimate of drug-likeness (QED) is 0.854. The van der Waals surface area contributed by atoms with Crippen molar-refractivity contribution in [2.45, 2.75) is 31.5 Å². The number of halogens is 1. The first-order chi connectivity index (χ1) is 8.24. The van der Waals surface area contributed by atoms with Crippen LogP contribution >= 0.6 is 15.9 Å². The van der Waals surface area contributed by atoms with Crippen LogP contribution in [-0.2, 0) is 11.3 Å². The molecule has 2 unspecified atom stereocenters. The van der Waals surface area contributed by atoms with Gasteiger partial charge in [0.15, 0.2) is 0 Å². The number of aromatic nitrogens is 2. The van der Waals surface area contributed by atoms with Crippen LogP contribution in [-0.4, -0.2) is 41.2 Å². The summed E-state index contributed by atoms with van der Waals surface area (Å²) in [5.74, 6) is 0. The molecule has 17 heavy (non-hydrogen) atoms. The highest BCUT2D eigenvalue weighted by Gasteiger charge is 2.28. The second-order valence-corrected chi connectivity index (χ2v) is 5.10. The normalized spacial score (nSPS) is 21.9. The molecule has 2 heterocycles. The van der Waals surface area contributed by atoms with Gasteiger partial charge in [-0.15, -0.1) is 0 Å². The largest absolute Gasteiger partial charge is 0.385 e. The molecule has 2 atom stereocenters. The zero-order valence-electron chi connectivity index (χ0n) is 9.90. The average molecular weight is 304 g/mol. The summed E-state index contributed by atoms with van der Waals surface area (Å²) in [7, 11) is 1.66. The molecule has 1 aromatic rings. The monoisotopic (exact) mass is 303 g/mol. The van der Waals surface area contributed by atoms with Crippen LogP contribution in [0.15, 0.2) is 10.7 Å². The Bertz CT molecular complexity index is 364. The van der Waals surface area contributed by atoms with E-state index in [4.69, 9.17) is 4.74 Å². The summed E-state index contributed by atoms with van der Waals surface area (Å²) < 4.78 is 7.70. The van der Waals surface area contributed by atoms with Gasteiger partial charge in [0, 0.05) is 13.2 Å². The number of aliphatic hydroxyl groups excluding tert-OH is 1. The SMILES string of the molecule is COCCn1ncc(Br)c1C(O)C1CCCN1. The Morgan fingerprint density at radius 2 is 2.59 bits per heavy atom. The van der Waals surface area contributed by atoms with Crippen molar-refractivity contribution in [3.63, 3.8) is 0 Å². The maximum atomic E-state index is 10.4. The molecule has 96 valence electrons. The number of hydrogen-bond donors (Lipinski definition) is 2. The number of rotatable bonds is 5. The first-order valence-electron chi connectivity index (χ1n) is 5.85. The van der Waals surface area contributed by atoms with Crippen LogP contribution in [0, 0.1) is 0 Å². The van der Waals surface area contributed by atoms with E-state index in [2.05, 4.69) is 26.3 Å². The fraction of sp³-hybridized carbons (Fsp3) is 0.727. The molecule has 2 rings (SSSR count). The molecule has 0 saturated carbocycles. The third kappa shape index (κ3) is 2.88. The lowest BCUT2D eigenvalue weighted by Crippen LogP contribution is -2.30. The van der Waals surface area contributed by atoms with Gasteiger partial charge in [-0.2, -0.15) is 5.10 Å². The summed E-state index contributed by atoms with van der Waals surface area (Å²) in [5.41, 5.74) is 0.835. The highest BCUT2D eigenvalue weighted by Crippen LogP contribution is 2.28. The standard InChI is InChI=1S/C11H18BrN3O2/c1-17-6-5-15-10(8(12)7-14-15)11(16)9-3-2-4-13-9/h7,9,11,13,16H,2-6H2,1H3. The van der Waals surface area contributed by atoms with Crippen molar-refractivity contribution in [2.24, 2.45) is 0 Å². The molecule has 0 aliphatic carbocycles. The van der Waals surface area contributed by atoms with E-state index >= 15 is 0 Å². The van der Waals surface area contributed by atoms with Crippen LogP contribution in [0.4, 0.5) is 0 Å². The molecule has 1 aliphatic heterocycles. The van der Waals surface area contributed by atoms with E-state index < -0.39 is 6.10 Å². The lowest BCUT2D eigenvalue weighted by Gasteiger charge is -2.20. The zero-order chi connectivity index (χ0) is 12.3. The van der Waals surface area contributed by atoms with Crippen molar-refractivity contribution < 1.29 is 9.84 Å². The summed E-state index contributed by atoms with van der Waals surface area (Å²) in [6.07, 6.45) is 3.32. The molecule has 2 N–H and O–H groups in total. The average Bonchev–Trinajstić information content (AvgIpc) is 2.95. The number of nitrogens with zero attached hydrogens (tertiary/aromatic N) is 2. The molecule has 1 fully saturated rings. The fourth-order valence-electron chi connectivity index (χ4n) is 2.19. The summed E-state index contributed by atoms with van der Waals surface area (Å²) >= 11 is 3.44. The van der Waals surface area contributed by atoms with Gasteiger partial charge in [-0.1, -0.05) is 0 Å². The number of methoxy groups -OCH3 is 1. The number of aliphatic hydroxyl groups is 1. The summed E-state index contributed by atoms with van der Waals surface area (Å²) in [6.45, 7) is 2.22. The van der Waals surface area contributed by atoms with Crippen molar-refractivity contribution in [2.75, 3.05) is 20.3 Å². The third-order valence-electron chi connectivity index (χ3n) is 3.10. The number of ether oxygens (including phenoxy) is 1. The molecule has 1 aromatic heterocycles. The van der Waals surface area contributed by atoms with Crippen molar-refractivity contribution in [3.8, 4) is 0 Å². The Labute approximate surface area is 109 Å². The Morgan fingerprint density at radius 3 is 3.24 bits per heavy atom. The van der Waals surface area contributed by atoms with E-state index in [0.717, 1.165) is 29.6 Å². The Hall–Kier alpha value is -0.430. The Kier molecular flexibility index (Phi) is 4.55. The predicted molar refractivity (Wildman–Crippen MR) is 67.8 cm³/mol. The molecule has 1 aliphatic rings. The van der Waals surface area contributed by atoms with Gasteiger partial charge in [0.25, 0.3) is 0 Å². The van der Waals surface area contributed by atoms with Crippen LogP contribution in [0.5, 0.6) is 0 Å². The van der Waals surface area contributed by atoms with Gasteiger partial charge in [-0.3, -0.25) is 4.68 Å². The van der Waals surface area contributed by atoms with Crippen molar-refractivity contribution >= 4 is 15.9 Å². The van der Waals surface area contributed by atoms with E-state index in [0.29, 0.717) is 13.2 Å². The van der Waals surface area contributed by atoms with E-state index in [1.165, 1.54) is 0 Å². The molecule has 0 aromatic carbocycles. The highest BCUT2D eigenvalue weighted by molar-refractivity contribution is 9.10. The number of nitrogens with one attached hydrogen (secondary N) is 1. The lowest BCUT2D eigenvalue weighted by atomic mass is 10.1. The van der Waals surface area contributed by atoms with Crippen LogP contribution in [0.25, 0.3) is 0 Å². The van der Waals surface area contributed by atoms with Gasteiger partial charge in [-0.05, 0) is 35.3 Å². The second kappa shape index (κ2) is 5.95. The Balaban J connectivity index is 2.14. The molecule has 1 saturated heterocycles. The van der Waals surface area contributed by atoms with Crippen molar-refractivity contribution in [3.05, 3.63) is 16.4 Å². The Morgan fingerprint density at radius 1 is 1.76 bits per heavy atom. The number of hydrogen-bond acceptors (Lipinski definition) is 4. The van der Waals surface area contributed by atoms with Crippen LogP contribution in [0.3, 0.4) is 0 Å². The smallest absolute Gasteiger partial charge is 0.112 e. The molecule has 6 heteroatoms. The van der Waals surface area contributed by atoms with Crippen LogP contribution < -0.4 is 5.32 Å². The van der Waals surface area contributed by atoms with E-state index in [9.17, 15) is 5.11 Å². The minimum absolute atomic E-state index is 0.129. The van der Waals surface area contributed by atoms with Crippen molar-refractivity contribution in [1.29, 1.82) is 0 Å². The molecule has 0 spiro atoms. The van der Waals surface area contributed by atoms with Crippen LogP contribution in [0.1, 0.15) is 24.6 Å². The molecule has 0 bridgehead atoms. The maximum Gasteiger partial charge on any atom is 0.112 e. The van der Waals surface area contributed by atoms with Crippen LogP contribution in [0.2, 0.25) is 0 Å². The lowest BCUT2D eigenvalue weighted by molar-refractivity contribution is 0.121. The summed E-state index contributed by atoms with van der Waals surface area (Å²) in [5, 5.41) is 17.9. The first-order valence-corrected chi connectivity index (χ1v) is 6.65. The molecule has 0 amide bonds. The molecular weight excluding hydrogens is 286 g/mol. The molecule has 5 nitrogen and oxygen atoms in total. The predicted octanol–water partition coefficient (Wildman–Crippen LogP) is 1.08.